The zero-order chi connectivity index (χ0) is 17.3. The van der Waals surface area contributed by atoms with Crippen molar-refractivity contribution in [3.63, 3.8) is 0 Å². The number of pyridine rings is 1. The number of nitrogens with two attached hydrogens (primary N) is 1. The maximum Gasteiger partial charge on any atom is 0.254 e. The third-order valence-electron chi connectivity index (χ3n) is 3.85. The molecule has 2 amide bonds. The number of nitrogens with one attached hydrogen (secondary N) is 1. The van der Waals surface area contributed by atoms with E-state index < -0.39 is 18.0 Å². The second-order valence-corrected chi connectivity index (χ2v) is 5.46. The van der Waals surface area contributed by atoms with Crippen LogP contribution >= 0.6 is 0 Å². The molecule has 0 bridgehead atoms. The highest BCUT2D eigenvalue weighted by Crippen LogP contribution is 2.31. The summed E-state index contributed by atoms with van der Waals surface area (Å²) in [5.74, 6) is -0.433. The SMILES string of the molecule is COc1cc2c(OC[C@@H]3C[C@H](F)C(=O)N3)ccnc2cc1C(N)=O. The Bertz CT molecular complexity index is 811. The molecular formula is C16H16FN3O4. The molecule has 126 valence electrons. The number of amides is 2. The lowest BCUT2D eigenvalue weighted by atomic mass is 10.1. The summed E-state index contributed by atoms with van der Waals surface area (Å²) in [5.41, 5.74) is 6.07. The molecule has 24 heavy (non-hydrogen) atoms. The monoisotopic (exact) mass is 333 g/mol. The summed E-state index contributed by atoms with van der Waals surface area (Å²) in [6.07, 6.45) is 0.114. The first-order valence-electron chi connectivity index (χ1n) is 7.33. The number of benzene rings is 1. The largest absolute Gasteiger partial charge is 0.496 e. The molecule has 2 atom stereocenters. The molecule has 7 nitrogen and oxygen atoms in total. The second kappa shape index (κ2) is 6.31. The Hall–Kier alpha value is -2.90. The number of fused-ring (bicyclic) bond motifs is 1. The van der Waals surface area contributed by atoms with E-state index >= 15 is 0 Å². The number of alkyl halides is 1. The lowest BCUT2D eigenvalue weighted by Crippen LogP contribution is -2.31. The van der Waals surface area contributed by atoms with Gasteiger partial charge in [-0.1, -0.05) is 0 Å². The van der Waals surface area contributed by atoms with Crippen LogP contribution in [0.3, 0.4) is 0 Å². The van der Waals surface area contributed by atoms with Crippen LogP contribution in [-0.4, -0.2) is 42.7 Å². The molecule has 0 unspecified atom stereocenters. The summed E-state index contributed by atoms with van der Waals surface area (Å²) < 4.78 is 24.1. The molecule has 0 spiro atoms. The minimum Gasteiger partial charge on any atom is -0.496 e. The van der Waals surface area contributed by atoms with Crippen molar-refractivity contribution in [2.75, 3.05) is 13.7 Å². The fraction of sp³-hybridized carbons (Fsp3) is 0.312. The molecule has 8 heteroatoms. The number of methoxy groups -OCH3 is 1. The number of nitrogens with zero attached hydrogens (tertiary/aromatic N) is 1. The highest BCUT2D eigenvalue weighted by atomic mass is 19.1. The van der Waals surface area contributed by atoms with Gasteiger partial charge in [0.2, 0.25) is 0 Å². The summed E-state index contributed by atoms with van der Waals surface area (Å²) in [7, 11) is 1.43. The minimum atomic E-state index is -1.49. The van der Waals surface area contributed by atoms with Crippen molar-refractivity contribution in [2.45, 2.75) is 18.6 Å². The van der Waals surface area contributed by atoms with Crippen LogP contribution < -0.4 is 20.5 Å². The van der Waals surface area contributed by atoms with E-state index in [2.05, 4.69) is 10.3 Å². The van der Waals surface area contributed by atoms with Crippen LogP contribution in [0.4, 0.5) is 4.39 Å². The van der Waals surface area contributed by atoms with E-state index in [1.54, 1.807) is 12.1 Å². The minimum absolute atomic E-state index is 0.0804. The molecule has 2 heterocycles. The number of rotatable bonds is 5. The average molecular weight is 333 g/mol. The van der Waals surface area contributed by atoms with Gasteiger partial charge in [0.05, 0.1) is 24.2 Å². The van der Waals surface area contributed by atoms with E-state index in [4.69, 9.17) is 15.2 Å². The quantitative estimate of drug-likeness (QED) is 0.848. The summed E-state index contributed by atoms with van der Waals surface area (Å²) >= 11 is 0. The number of ether oxygens (including phenoxy) is 2. The zero-order valence-corrected chi connectivity index (χ0v) is 12.9. The van der Waals surface area contributed by atoms with Gasteiger partial charge in [0.1, 0.15) is 18.1 Å². The summed E-state index contributed by atoms with van der Waals surface area (Å²) in [4.78, 5) is 26.9. The normalized spacial score (nSPS) is 20.0. The number of carbonyl (C=O) groups excluding carboxylic acids is 2. The van der Waals surface area contributed by atoms with Gasteiger partial charge in [-0.25, -0.2) is 4.39 Å². The van der Waals surface area contributed by atoms with Gasteiger partial charge in [0, 0.05) is 18.0 Å². The van der Waals surface area contributed by atoms with Crippen molar-refractivity contribution >= 4 is 22.7 Å². The molecule has 1 aliphatic rings. The van der Waals surface area contributed by atoms with Crippen molar-refractivity contribution in [1.82, 2.24) is 10.3 Å². The van der Waals surface area contributed by atoms with Crippen LogP contribution in [0.1, 0.15) is 16.8 Å². The third-order valence-corrected chi connectivity index (χ3v) is 3.85. The fourth-order valence-corrected chi connectivity index (χ4v) is 2.64. The number of aromatic nitrogens is 1. The Kier molecular flexibility index (Phi) is 4.20. The summed E-state index contributed by atoms with van der Waals surface area (Å²) in [6.45, 7) is 0.130. The van der Waals surface area contributed by atoms with E-state index in [0.717, 1.165) is 0 Å². The molecule has 0 aliphatic carbocycles. The standard InChI is InChI=1S/C16H16FN3O4/c1-23-14-6-9-12(5-10(14)15(18)21)19-3-2-13(9)24-7-8-4-11(17)16(22)20-8/h2-3,5-6,8,11H,4,7H2,1H3,(H2,18,21)(H,20,22)/t8-,11-/m0/s1. The first kappa shape index (κ1) is 16.0. The molecule has 1 fully saturated rings. The second-order valence-electron chi connectivity index (χ2n) is 5.46. The Morgan fingerprint density at radius 3 is 2.88 bits per heavy atom. The molecule has 1 saturated heterocycles. The van der Waals surface area contributed by atoms with E-state index in [0.29, 0.717) is 22.4 Å². The van der Waals surface area contributed by atoms with E-state index in [9.17, 15) is 14.0 Å². The van der Waals surface area contributed by atoms with Crippen LogP contribution in [0.15, 0.2) is 24.4 Å². The van der Waals surface area contributed by atoms with Crippen LogP contribution in [0, 0.1) is 0 Å². The molecular weight excluding hydrogens is 317 g/mol. The lowest BCUT2D eigenvalue weighted by Gasteiger charge is -2.14. The highest BCUT2D eigenvalue weighted by molar-refractivity contribution is 6.01. The van der Waals surface area contributed by atoms with Crippen molar-refractivity contribution in [2.24, 2.45) is 5.73 Å². The van der Waals surface area contributed by atoms with E-state index in [1.807, 2.05) is 0 Å². The molecule has 0 saturated carbocycles. The van der Waals surface area contributed by atoms with Gasteiger partial charge >= 0.3 is 0 Å². The molecule has 3 N–H and O–H groups in total. The highest BCUT2D eigenvalue weighted by Gasteiger charge is 2.32. The number of carbonyl (C=O) groups is 2. The Labute approximate surface area is 136 Å². The predicted molar refractivity (Wildman–Crippen MR) is 83.8 cm³/mol. The van der Waals surface area contributed by atoms with Gasteiger partial charge < -0.3 is 20.5 Å². The van der Waals surface area contributed by atoms with Gasteiger partial charge in [-0.15, -0.1) is 0 Å². The molecule has 1 aliphatic heterocycles. The predicted octanol–water partition coefficient (Wildman–Crippen LogP) is 0.948. The Balaban J connectivity index is 1.88. The van der Waals surface area contributed by atoms with Crippen LogP contribution in [0.5, 0.6) is 11.5 Å². The van der Waals surface area contributed by atoms with Gasteiger partial charge in [-0.3, -0.25) is 14.6 Å². The lowest BCUT2D eigenvalue weighted by molar-refractivity contribution is -0.123. The van der Waals surface area contributed by atoms with Crippen molar-refractivity contribution < 1.29 is 23.5 Å². The maximum atomic E-state index is 13.2. The molecule has 3 rings (SSSR count). The van der Waals surface area contributed by atoms with E-state index in [-0.39, 0.29) is 24.6 Å². The van der Waals surface area contributed by atoms with Gasteiger partial charge in [-0.05, 0) is 18.2 Å². The van der Waals surface area contributed by atoms with Crippen molar-refractivity contribution in [3.8, 4) is 11.5 Å². The number of halogens is 1. The zero-order valence-electron chi connectivity index (χ0n) is 12.9. The first-order valence-corrected chi connectivity index (χ1v) is 7.33. The molecule has 0 radical (unpaired) electrons. The Morgan fingerprint density at radius 2 is 2.25 bits per heavy atom. The number of primary amides is 1. The van der Waals surface area contributed by atoms with Crippen molar-refractivity contribution in [1.29, 1.82) is 0 Å². The topological polar surface area (TPSA) is 104 Å². The van der Waals surface area contributed by atoms with Crippen LogP contribution in [-0.2, 0) is 4.79 Å². The molecule has 2 aromatic rings. The van der Waals surface area contributed by atoms with Gasteiger partial charge in [0.25, 0.3) is 11.8 Å². The fourth-order valence-electron chi connectivity index (χ4n) is 2.64. The smallest absolute Gasteiger partial charge is 0.254 e. The Morgan fingerprint density at radius 1 is 1.46 bits per heavy atom. The average Bonchev–Trinajstić information content (AvgIpc) is 2.89. The summed E-state index contributed by atoms with van der Waals surface area (Å²) in [5, 5.41) is 3.15. The van der Waals surface area contributed by atoms with Gasteiger partial charge in [-0.2, -0.15) is 0 Å². The van der Waals surface area contributed by atoms with E-state index in [1.165, 1.54) is 19.4 Å². The maximum absolute atomic E-state index is 13.2. The van der Waals surface area contributed by atoms with Crippen LogP contribution in [0.2, 0.25) is 0 Å². The molecule has 1 aromatic carbocycles. The summed E-state index contributed by atoms with van der Waals surface area (Å²) in [6, 6.07) is 4.40. The number of hydrogen-bond donors (Lipinski definition) is 2. The first-order chi connectivity index (χ1) is 11.5. The van der Waals surface area contributed by atoms with Crippen LogP contribution in [0.25, 0.3) is 10.9 Å². The third kappa shape index (κ3) is 2.94. The number of hydrogen-bond acceptors (Lipinski definition) is 5. The molecule has 1 aromatic heterocycles. The van der Waals surface area contributed by atoms with Gasteiger partial charge in [0.15, 0.2) is 6.17 Å². The van der Waals surface area contributed by atoms with Crippen molar-refractivity contribution in [3.05, 3.63) is 30.0 Å².